The van der Waals surface area contributed by atoms with E-state index in [1.54, 1.807) is 12.1 Å². The highest BCUT2D eigenvalue weighted by Gasteiger charge is 2.14. The van der Waals surface area contributed by atoms with Crippen LogP contribution >= 0.6 is 0 Å². The molecule has 0 aromatic heterocycles. The van der Waals surface area contributed by atoms with Crippen molar-refractivity contribution in [2.24, 2.45) is 0 Å². The molecule has 0 aliphatic rings. The van der Waals surface area contributed by atoms with E-state index in [9.17, 15) is 9.59 Å². The molecule has 0 aliphatic heterocycles. The second-order valence-electron chi connectivity index (χ2n) is 7.31. The SMILES string of the molecule is Cc1cccc(NC(=O)CNC(=O)c2ccc(C(C)(C)C)cc2)c1C. The minimum atomic E-state index is -0.253. The molecule has 0 unspecified atom stereocenters. The maximum atomic E-state index is 12.2. The third-order valence-corrected chi connectivity index (χ3v) is 4.30. The third kappa shape index (κ3) is 4.92. The molecule has 0 radical (unpaired) electrons. The highest BCUT2D eigenvalue weighted by atomic mass is 16.2. The van der Waals surface area contributed by atoms with Crippen LogP contribution < -0.4 is 10.6 Å². The lowest BCUT2D eigenvalue weighted by Gasteiger charge is -2.19. The smallest absolute Gasteiger partial charge is 0.251 e. The number of benzene rings is 2. The normalized spacial score (nSPS) is 11.1. The number of anilines is 1. The summed E-state index contributed by atoms with van der Waals surface area (Å²) in [6, 6.07) is 13.2. The first kappa shape index (κ1) is 18.7. The molecule has 0 bridgehead atoms. The van der Waals surface area contributed by atoms with Crippen LogP contribution in [0.4, 0.5) is 5.69 Å². The molecule has 2 amide bonds. The zero-order valence-corrected chi connectivity index (χ0v) is 15.6. The Morgan fingerprint density at radius 1 is 0.960 bits per heavy atom. The van der Waals surface area contributed by atoms with Gasteiger partial charge in [0.05, 0.1) is 6.54 Å². The number of nitrogens with one attached hydrogen (secondary N) is 2. The van der Waals surface area contributed by atoms with Crippen molar-refractivity contribution < 1.29 is 9.59 Å². The van der Waals surface area contributed by atoms with Crippen molar-refractivity contribution in [1.29, 1.82) is 0 Å². The van der Waals surface area contributed by atoms with Gasteiger partial charge in [0, 0.05) is 11.3 Å². The molecule has 132 valence electrons. The van der Waals surface area contributed by atoms with Crippen molar-refractivity contribution in [2.75, 3.05) is 11.9 Å². The molecule has 2 aromatic rings. The third-order valence-electron chi connectivity index (χ3n) is 4.30. The molecule has 25 heavy (non-hydrogen) atoms. The zero-order chi connectivity index (χ0) is 18.6. The van der Waals surface area contributed by atoms with Crippen LogP contribution in [0.2, 0.25) is 0 Å². The summed E-state index contributed by atoms with van der Waals surface area (Å²) < 4.78 is 0. The van der Waals surface area contributed by atoms with Gasteiger partial charge in [-0.05, 0) is 54.2 Å². The molecule has 0 heterocycles. The van der Waals surface area contributed by atoms with E-state index in [2.05, 4.69) is 31.4 Å². The quantitative estimate of drug-likeness (QED) is 0.886. The van der Waals surface area contributed by atoms with Gasteiger partial charge >= 0.3 is 0 Å². The molecule has 4 heteroatoms. The Balaban J connectivity index is 1.93. The largest absolute Gasteiger partial charge is 0.343 e. The molecule has 0 fully saturated rings. The highest BCUT2D eigenvalue weighted by Crippen LogP contribution is 2.22. The van der Waals surface area contributed by atoms with Crippen molar-refractivity contribution in [1.82, 2.24) is 5.32 Å². The lowest BCUT2D eigenvalue weighted by Crippen LogP contribution is -2.33. The number of aryl methyl sites for hydroxylation is 1. The van der Waals surface area contributed by atoms with E-state index in [1.807, 2.05) is 44.2 Å². The van der Waals surface area contributed by atoms with Crippen LogP contribution in [0.1, 0.15) is 47.8 Å². The lowest BCUT2D eigenvalue weighted by atomic mass is 9.87. The molecular formula is C21H26N2O2. The average molecular weight is 338 g/mol. The summed E-state index contributed by atoms with van der Waals surface area (Å²) in [5, 5.41) is 5.49. The number of hydrogen-bond acceptors (Lipinski definition) is 2. The summed E-state index contributed by atoms with van der Waals surface area (Å²) in [5.41, 5.74) is 4.67. The Morgan fingerprint density at radius 2 is 1.60 bits per heavy atom. The summed E-state index contributed by atoms with van der Waals surface area (Å²) in [4.78, 5) is 24.3. The molecule has 2 rings (SSSR count). The molecule has 0 saturated carbocycles. The average Bonchev–Trinajstić information content (AvgIpc) is 2.56. The number of amides is 2. The summed E-state index contributed by atoms with van der Waals surface area (Å²) in [6.07, 6.45) is 0. The van der Waals surface area contributed by atoms with E-state index in [-0.39, 0.29) is 23.8 Å². The first-order chi connectivity index (χ1) is 11.7. The summed E-state index contributed by atoms with van der Waals surface area (Å²) in [5.74, 6) is -0.495. The summed E-state index contributed by atoms with van der Waals surface area (Å²) in [6.45, 7) is 10.3. The van der Waals surface area contributed by atoms with Crippen molar-refractivity contribution in [3.8, 4) is 0 Å². The monoisotopic (exact) mass is 338 g/mol. The fourth-order valence-electron chi connectivity index (χ4n) is 2.47. The first-order valence-corrected chi connectivity index (χ1v) is 8.43. The molecule has 0 atom stereocenters. The maximum absolute atomic E-state index is 12.2. The number of carbonyl (C=O) groups is 2. The van der Waals surface area contributed by atoms with E-state index in [1.165, 1.54) is 0 Å². The minimum absolute atomic E-state index is 0.0422. The molecule has 0 aliphatic carbocycles. The van der Waals surface area contributed by atoms with Crippen LogP contribution in [0.15, 0.2) is 42.5 Å². The van der Waals surface area contributed by atoms with Crippen LogP contribution in [0.5, 0.6) is 0 Å². The molecule has 2 aromatic carbocycles. The van der Waals surface area contributed by atoms with Crippen molar-refractivity contribution in [2.45, 2.75) is 40.0 Å². The van der Waals surface area contributed by atoms with Gasteiger partial charge in [-0.25, -0.2) is 0 Å². The lowest BCUT2D eigenvalue weighted by molar-refractivity contribution is -0.115. The van der Waals surface area contributed by atoms with Gasteiger partial charge in [0.2, 0.25) is 5.91 Å². The van der Waals surface area contributed by atoms with E-state index < -0.39 is 0 Å². The topological polar surface area (TPSA) is 58.2 Å². The molecule has 4 nitrogen and oxygen atoms in total. The van der Waals surface area contributed by atoms with E-state index >= 15 is 0 Å². The van der Waals surface area contributed by atoms with Gasteiger partial charge in [-0.15, -0.1) is 0 Å². The first-order valence-electron chi connectivity index (χ1n) is 8.43. The molecular weight excluding hydrogens is 312 g/mol. The molecule has 0 spiro atoms. The van der Waals surface area contributed by atoms with Crippen LogP contribution in [0.3, 0.4) is 0 Å². The van der Waals surface area contributed by atoms with Gasteiger partial charge in [-0.3, -0.25) is 9.59 Å². The fourth-order valence-corrected chi connectivity index (χ4v) is 2.47. The summed E-state index contributed by atoms with van der Waals surface area (Å²) >= 11 is 0. The van der Waals surface area contributed by atoms with Crippen molar-refractivity contribution in [3.05, 3.63) is 64.7 Å². The van der Waals surface area contributed by atoms with E-state index in [0.29, 0.717) is 5.56 Å². The van der Waals surface area contributed by atoms with Crippen LogP contribution in [0, 0.1) is 13.8 Å². The van der Waals surface area contributed by atoms with Gasteiger partial charge in [-0.1, -0.05) is 45.0 Å². The number of carbonyl (C=O) groups excluding carboxylic acids is 2. The standard InChI is InChI=1S/C21H26N2O2/c1-14-7-6-8-18(15(14)2)23-19(24)13-22-20(25)16-9-11-17(12-10-16)21(3,4)5/h6-12H,13H2,1-5H3,(H,22,25)(H,23,24). The fraction of sp³-hybridized carbons (Fsp3) is 0.333. The second kappa shape index (κ2) is 7.51. The Labute approximate surface area is 149 Å². The Morgan fingerprint density at radius 3 is 2.20 bits per heavy atom. The Bertz CT molecular complexity index is 771. The predicted octanol–water partition coefficient (Wildman–Crippen LogP) is 3.97. The van der Waals surface area contributed by atoms with Crippen molar-refractivity contribution >= 4 is 17.5 Å². The number of rotatable bonds is 4. The van der Waals surface area contributed by atoms with Crippen LogP contribution in [-0.4, -0.2) is 18.4 Å². The van der Waals surface area contributed by atoms with Gasteiger partial charge in [0.1, 0.15) is 0 Å². The van der Waals surface area contributed by atoms with Crippen LogP contribution in [-0.2, 0) is 10.2 Å². The van der Waals surface area contributed by atoms with Crippen LogP contribution in [0.25, 0.3) is 0 Å². The zero-order valence-electron chi connectivity index (χ0n) is 15.6. The molecule has 0 saturated heterocycles. The van der Waals surface area contributed by atoms with E-state index in [0.717, 1.165) is 22.4 Å². The second-order valence-corrected chi connectivity index (χ2v) is 7.31. The van der Waals surface area contributed by atoms with E-state index in [4.69, 9.17) is 0 Å². The van der Waals surface area contributed by atoms with Gasteiger partial charge < -0.3 is 10.6 Å². The molecule has 2 N–H and O–H groups in total. The maximum Gasteiger partial charge on any atom is 0.251 e. The highest BCUT2D eigenvalue weighted by molar-refractivity contribution is 5.99. The Kier molecular flexibility index (Phi) is 5.62. The van der Waals surface area contributed by atoms with Gasteiger partial charge in [-0.2, -0.15) is 0 Å². The number of hydrogen-bond donors (Lipinski definition) is 2. The van der Waals surface area contributed by atoms with Crippen molar-refractivity contribution in [3.63, 3.8) is 0 Å². The van der Waals surface area contributed by atoms with Gasteiger partial charge in [0.25, 0.3) is 5.91 Å². The Hall–Kier alpha value is -2.62. The van der Waals surface area contributed by atoms with Gasteiger partial charge in [0.15, 0.2) is 0 Å². The summed E-state index contributed by atoms with van der Waals surface area (Å²) in [7, 11) is 0. The minimum Gasteiger partial charge on any atom is -0.343 e. The predicted molar refractivity (Wildman–Crippen MR) is 102 cm³/mol.